The normalized spacial score (nSPS) is 11.7. The quantitative estimate of drug-likeness (QED) is 0.183. The van der Waals surface area contributed by atoms with E-state index in [9.17, 15) is 0 Å². The van der Waals surface area contributed by atoms with Crippen molar-refractivity contribution >= 4 is 54.3 Å². The lowest BCUT2D eigenvalue weighted by Gasteiger charge is -2.13. The zero-order chi connectivity index (χ0) is 32.3. The molecule has 0 spiro atoms. The first-order valence-electron chi connectivity index (χ1n) is 16.4. The molecule has 0 fully saturated rings. The molecule has 4 heteroatoms. The summed E-state index contributed by atoms with van der Waals surface area (Å²) in [7, 11) is 0. The van der Waals surface area contributed by atoms with E-state index in [2.05, 4.69) is 97.1 Å². The molecule has 3 aromatic heterocycles. The van der Waals surface area contributed by atoms with Crippen molar-refractivity contribution in [2.75, 3.05) is 0 Å². The number of fused-ring (bicyclic) bond motifs is 8. The van der Waals surface area contributed by atoms with Gasteiger partial charge in [-0.3, -0.25) is 4.98 Å². The highest BCUT2D eigenvalue weighted by atomic mass is 16.3. The van der Waals surface area contributed by atoms with E-state index in [1.54, 1.807) is 6.20 Å². The van der Waals surface area contributed by atoms with Crippen molar-refractivity contribution in [3.63, 3.8) is 0 Å². The lowest BCUT2D eigenvalue weighted by atomic mass is 9.90. The number of rotatable bonds is 4. The van der Waals surface area contributed by atoms with E-state index in [0.717, 1.165) is 55.7 Å². The minimum absolute atomic E-state index is 0.654. The van der Waals surface area contributed by atoms with Crippen LogP contribution in [0.1, 0.15) is 0 Å². The number of benzene rings is 7. The van der Waals surface area contributed by atoms with Gasteiger partial charge in [-0.05, 0) is 73.8 Å². The molecule has 0 saturated heterocycles. The smallest absolute Gasteiger partial charge is 0.160 e. The van der Waals surface area contributed by atoms with Crippen molar-refractivity contribution in [1.29, 1.82) is 0 Å². The molecule has 7 aromatic carbocycles. The molecule has 228 valence electrons. The lowest BCUT2D eigenvalue weighted by Crippen LogP contribution is -1.97. The van der Waals surface area contributed by atoms with Crippen LogP contribution in [0.4, 0.5) is 0 Å². The number of hydrogen-bond donors (Lipinski definition) is 0. The standard InChI is InChI=1S/C45H27N3O/c1-3-12-29(13-4-1)38-27-39(48-45(47-38)30-14-5-2-6-15-30)44-43-36-22-21-31(26-41(36)49-40(43)23-24-46-44)37-25-32-20-19-28-11-7-8-16-33(28)42(32)35-18-10-9-17-34(35)37/h1-27H. The molecule has 0 bridgehead atoms. The number of pyridine rings is 1. The Morgan fingerprint density at radius 3 is 1.94 bits per heavy atom. The minimum Gasteiger partial charge on any atom is -0.456 e. The number of furan rings is 1. The summed E-state index contributed by atoms with van der Waals surface area (Å²) in [6, 6.07) is 54.9. The summed E-state index contributed by atoms with van der Waals surface area (Å²) in [4.78, 5) is 14.9. The van der Waals surface area contributed by atoms with Crippen molar-refractivity contribution in [3.05, 3.63) is 164 Å². The zero-order valence-electron chi connectivity index (χ0n) is 26.3. The minimum atomic E-state index is 0.654. The Morgan fingerprint density at radius 1 is 0.408 bits per heavy atom. The number of hydrogen-bond acceptors (Lipinski definition) is 4. The molecule has 4 nitrogen and oxygen atoms in total. The maximum Gasteiger partial charge on any atom is 0.160 e. The molecule has 0 unspecified atom stereocenters. The van der Waals surface area contributed by atoms with Gasteiger partial charge in [0.15, 0.2) is 5.82 Å². The summed E-state index contributed by atoms with van der Waals surface area (Å²) < 4.78 is 6.58. The van der Waals surface area contributed by atoms with Crippen LogP contribution in [0.2, 0.25) is 0 Å². The fourth-order valence-corrected chi connectivity index (χ4v) is 7.24. The topological polar surface area (TPSA) is 51.8 Å². The summed E-state index contributed by atoms with van der Waals surface area (Å²) in [6.45, 7) is 0. The molecule has 0 aliphatic carbocycles. The molecule has 10 rings (SSSR count). The van der Waals surface area contributed by atoms with Crippen molar-refractivity contribution < 1.29 is 4.42 Å². The van der Waals surface area contributed by atoms with Crippen LogP contribution in [0.25, 0.3) is 99.4 Å². The van der Waals surface area contributed by atoms with Crippen LogP contribution in [0.15, 0.2) is 168 Å². The van der Waals surface area contributed by atoms with E-state index >= 15 is 0 Å². The van der Waals surface area contributed by atoms with E-state index in [4.69, 9.17) is 19.4 Å². The summed E-state index contributed by atoms with van der Waals surface area (Å²) in [5.74, 6) is 0.654. The largest absolute Gasteiger partial charge is 0.456 e. The van der Waals surface area contributed by atoms with Crippen LogP contribution in [-0.4, -0.2) is 15.0 Å². The average molecular weight is 626 g/mol. The summed E-state index contributed by atoms with van der Waals surface area (Å²) in [5.41, 5.74) is 8.19. The van der Waals surface area contributed by atoms with Gasteiger partial charge in [-0.1, -0.05) is 127 Å². The highest BCUT2D eigenvalue weighted by molar-refractivity contribution is 6.23. The van der Waals surface area contributed by atoms with Crippen LogP contribution in [0, 0.1) is 0 Å². The van der Waals surface area contributed by atoms with Crippen LogP contribution < -0.4 is 0 Å². The Morgan fingerprint density at radius 2 is 1.10 bits per heavy atom. The second-order valence-corrected chi connectivity index (χ2v) is 12.4. The van der Waals surface area contributed by atoms with Gasteiger partial charge in [0.2, 0.25) is 0 Å². The van der Waals surface area contributed by atoms with Gasteiger partial charge in [-0.15, -0.1) is 0 Å². The third kappa shape index (κ3) is 4.49. The maximum absolute atomic E-state index is 6.58. The SMILES string of the molecule is c1ccc(-c2cc(-c3nccc4oc5cc(-c6cc7ccc8ccccc8c7c7ccccc67)ccc5c34)nc(-c3ccccc3)n2)cc1. The molecular weight excluding hydrogens is 599 g/mol. The number of aromatic nitrogens is 3. The van der Waals surface area contributed by atoms with E-state index in [1.165, 1.54) is 37.9 Å². The molecule has 0 aliphatic heterocycles. The molecule has 0 N–H and O–H groups in total. The van der Waals surface area contributed by atoms with Gasteiger partial charge in [-0.25, -0.2) is 9.97 Å². The molecule has 0 amide bonds. The molecule has 0 atom stereocenters. The zero-order valence-corrected chi connectivity index (χ0v) is 26.3. The summed E-state index contributed by atoms with van der Waals surface area (Å²) in [6.07, 6.45) is 1.80. The molecule has 10 aromatic rings. The first kappa shape index (κ1) is 27.5. The molecule has 3 heterocycles. The van der Waals surface area contributed by atoms with Crippen LogP contribution in [0.3, 0.4) is 0 Å². The van der Waals surface area contributed by atoms with Crippen molar-refractivity contribution in [3.8, 4) is 45.2 Å². The number of nitrogens with zero attached hydrogens (tertiary/aromatic N) is 3. The highest BCUT2D eigenvalue weighted by Gasteiger charge is 2.19. The van der Waals surface area contributed by atoms with E-state index in [1.807, 2.05) is 60.7 Å². The Balaban J connectivity index is 1.17. The lowest BCUT2D eigenvalue weighted by molar-refractivity contribution is 0.668. The Labute approximate surface area is 282 Å². The van der Waals surface area contributed by atoms with Crippen molar-refractivity contribution in [2.24, 2.45) is 0 Å². The first-order valence-corrected chi connectivity index (χ1v) is 16.4. The highest BCUT2D eigenvalue weighted by Crippen LogP contribution is 2.41. The Hall–Kier alpha value is -6.65. The van der Waals surface area contributed by atoms with Crippen LogP contribution >= 0.6 is 0 Å². The predicted octanol–water partition coefficient (Wildman–Crippen LogP) is 11.9. The third-order valence-electron chi connectivity index (χ3n) is 9.51. The van der Waals surface area contributed by atoms with E-state index in [-0.39, 0.29) is 0 Å². The average Bonchev–Trinajstić information content (AvgIpc) is 3.56. The van der Waals surface area contributed by atoms with Gasteiger partial charge in [0.1, 0.15) is 16.9 Å². The first-order chi connectivity index (χ1) is 24.3. The molecule has 49 heavy (non-hydrogen) atoms. The van der Waals surface area contributed by atoms with Crippen LogP contribution in [0.5, 0.6) is 0 Å². The second kappa shape index (κ2) is 11.0. The van der Waals surface area contributed by atoms with Crippen molar-refractivity contribution in [1.82, 2.24) is 15.0 Å². The fraction of sp³-hybridized carbons (Fsp3) is 0. The second-order valence-electron chi connectivity index (χ2n) is 12.4. The molecular formula is C45H27N3O. The monoisotopic (exact) mass is 625 g/mol. The van der Waals surface area contributed by atoms with Crippen LogP contribution in [-0.2, 0) is 0 Å². The van der Waals surface area contributed by atoms with Gasteiger partial charge in [0, 0.05) is 22.7 Å². The van der Waals surface area contributed by atoms with Gasteiger partial charge in [0.05, 0.1) is 16.8 Å². The fourth-order valence-electron chi connectivity index (χ4n) is 7.24. The third-order valence-corrected chi connectivity index (χ3v) is 9.51. The van der Waals surface area contributed by atoms with Gasteiger partial charge in [0.25, 0.3) is 0 Å². The summed E-state index contributed by atoms with van der Waals surface area (Å²) in [5, 5.41) is 9.42. The Bertz CT molecular complexity index is 2820. The van der Waals surface area contributed by atoms with Gasteiger partial charge in [-0.2, -0.15) is 0 Å². The molecule has 0 radical (unpaired) electrons. The molecule has 0 aliphatic rings. The summed E-state index contributed by atoms with van der Waals surface area (Å²) >= 11 is 0. The van der Waals surface area contributed by atoms with Gasteiger partial charge >= 0.3 is 0 Å². The van der Waals surface area contributed by atoms with E-state index < -0.39 is 0 Å². The molecule has 0 saturated carbocycles. The predicted molar refractivity (Wildman–Crippen MR) is 201 cm³/mol. The van der Waals surface area contributed by atoms with Gasteiger partial charge < -0.3 is 4.42 Å². The maximum atomic E-state index is 6.58. The van der Waals surface area contributed by atoms with E-state index in [0.29, 0.717) is 5.82 Å². The Kier molecular flexibility index (Phi) is 6.15. The van der Waals surface area contributed by atoms with Crippen molar-refractivity contribution in [2.45, 2.75) is 0 Å².